The molecular weight excluding hydrogens is 310 g/mol. The van der Waals surface area contributed by atoms with E-state index in [4.69, 9.17) is 4.74 Å². The fourth-order valence-electron chi connectivity index (χ4n) is 3.29. The van der Waals surface area contributed by atoms with Gasteiger partial charge in [0.05, 0.1) is 23.2 Å². The van der Waals surface area contributed by atoms with E-state index >= 15 is 0 Å². The van der Waals surface area contributed by atoms with Crippen molar-refractivity contribution < 1.29 is 9.53 Å². The number of amides is 1. The number of piperidine rings is 1. The van der Waals surface area contributed by atoms with E-state index in [2.05, 4.69) is 27.5 Å². The molecule has 0 saturated carbocycles. The molecule has 1 aromatic rings. The second kappa shape index (κ2) is 8.22. The number of aryl methyl sites for hydroxylation is 1. The third-order valence-electron chi connectivity index (χ3n) is 4.86. The van der Waals surface area contributed by atoms with Gasteiger partial charge in [-0.2, -0.15) is 0 Å². The highest BCUT2D eigenvalue weighted by Crippen LogP contribution is 2.20. The largest absolute Gasteiger partial charge is 0.381 e. The van der Waals surface area contributed by atoms with Gasteiger partial charge in [0.25, 0.3) is 0 Å². The lowest BCUT2D eigenvalue weighted by Gasteiger charge is -2.31. The van der Waals surface area contributed by atoms with Crippen molar-refractivity contribution in [2.24, 2.45) is 11.8 Å². The molecule has 3 heterocycles. The van der Waals surface area contributed by atoms with E-state index in [0.29, 0.717) is 12.5 Å². The maximum absolute atomic E-state index is 12.0. The summed E-state index contributed by atoms with van der Waals surface area (Å²) in [6.45, 7) is 7.47. The highest BCUT2D eigenvalue weighted by Gasteiger charge is 2.25. The van der Waals surface area contributed by atoms with E-state index in [1.165, 1.54) is 10.7 Å². The molecule has 0 aliphatic carbocycles. The van der Waals surface area contributed by atoms with Gasteiger partial charge < -0.3 is 10.1 Å². The van der Waals surface area contributed by atoms with Gasteiger partial charge in [-0.1, -0.05) is 6.92 Å². The van der Waals surface area contributed by atoms with E-state index in [1.807, 2.05) is 0 Å². The van der Waals surface area contributed by atoms with Gasteiger partial charge in [-0.15, -0.1) is 11.3 Å². The molecule has 0 bridgehead atoms. The number of likely N-dealkylation sites (tertiary alicyclic amines) is 1. The van der Waals surface area contributed by atoms with Gasteiger partial charge >= 0.3 is 0 Å². The third kappa shape index (κ3) is 4.75. The van der Waals surface area contributed by atoms with Crippen molar-refractivity contribution >= 4 is 17.2 Å². The quantitative estimate of drug-likeness (QED) is 0.863. The lowest BCUT2D eigenvalue weighted by Crippen LogP contribution is -2.40. The van der Waals surface area contributed by atoms with Crippen LogP contribution in [0, 0.1) is 11.8 Å². The number of ether oxygens (including phenoxy) is 1. The molecule has 1 unspecified atom stereocenters. The summed E-state index contributed by atoms with van der Waals surface area (Å²) in [5.74, 6) is 0.867. The van der Waals surface area contributed by atoms with Crippen LogP contribution in [0.1, 0.15) is 36.9 Å². The number of aromatic nitrogens is 1. The summed E-state index contributed by atoms with van der Waals surface area (Å²) in [4.78, 5) is 19.2. The van der Waals surface area contributed by atoms with Crippen molar-refractivity contribution in [3.63, 3.8) is 0 Å². The highest BCUT2D eigenvalue weighted by atomic mass is 32.1. The Bertz CT molecular complexity index is 506. The molecule has 128 valence electrons. The van der Waals surface area contributed by atoms with Gasteiger partial charge in [0.15, 0.2) is 0 Å². The predicted molar refractivity (Wildman–Crippen MR) is 91.4 cm³/mol. The number of hydrogen-bond acceptors (Lipinski definition) is 5. The summed E-state index contributed by atoms with van der Waals surface area (Å²) in [5, 5.41) is 6.54. The van der Waals surface area contributed by atoms with Crippen LogP contribution in [0.5, 0.6) is 0 Å². The van der Waals surface area contributed by atoms with Crippen LogP contribution in [0.15, 0.2) is 5.38 Å². The second-order valence-electron chi connectivity index (χ2n) is 6.61. The molecule has 0 radical (unpaired) electrons. The standard InChI is InChI=1S/C17H27N3O2S/c1-2-16-19-15(12-23-16)10-20-6-3-13(4-7-20)9-18-17(21)14-5-8-22-11-14/h12-14H,2-11H2,1H3,(H,18,21). The van der Waals surface area contributed by atoms with E-state index in [1.54, 1.807) is 11.3 Å². The smallest absolute Gasteiger partial charge is 0.225 e. The lowest BCUT2D eigenvalue weighted by molar-refractivity contribution is -0.125. The Hall–Kier alpha value is -0.980. The van der Waals surface area contributed by atoms with Crippen LogP contribution in [0.25, 0.3) is 0 Å². The predicted octanol–water partition coefficient (Wildman–Crippen LogP) is 2.07. The average Bonchev–Trinajstić information content (AvgIpc) is 3.25. The van der Waals surface area contributed by atoms with E-state index in [0.717, 1.165) is 58.5 Å². The minimum Gasteiger partial charge on any atom is -0.381 e. The number of nitrogens with one attached hydrogen (secondary N) is 1. The molecule has 2 aliphatic rings. The number of carbonyl (C=O) groups excluding carboxylic acids is 1. The van der Waals surface area contributed by atoms with E-state index in [-0.39, 0.29) is 11.8 Å². The zero-order valence-electron chi connectivity index (χ0n) is 13.9. The van der Waals surface area contributed by atoms with Gasteiger partial charge in [-0.05, 0) is 44.7 Å². The molecule has 0 aromatic carbocycles. The normalized spacial score (nSPS) is 23.3. The second-order valence-corrected chi connectivity index (χ2v) is 7.55. The molecule has 1 amide bonds. The van der Waals surface area contributed by atoms with Crippen LogP contribution in [-0.4, -0.2) is 48.6 Å². The van der Waals surface area contributed by atoms with Gasteiger partial charge in [0, 0.05) is 25.1 Å². The number of thiazole rings is 1. The van der Waals surface area contributed by atoms with Crippen molar-refractivity contribution in [1.29, 1.82) is 0 Å². The zero-order valence-corrected chi connectivity index (χ0v) is 14.7. The van der Waals surface area contributed by atoms with Crippen LogP contribution in [0.4, 0.5) is 0 Å². The van der Waals surface area contributed by atoms with E-state index in [9.17, 15) is 4.79 Å². The van der Waals surface area contributed by atoms with Crippen molar-refractivity contribution in [2.75, 3.05) is 32.8 Å². The summed E-state index contributed by atoms with van der Waals surface area (Å²) in [5.41, 5.74) is 1.21. The summed E-state index contributed by atoms with van der Waals surface area (Å²) < 4.78 is 5.28. The molecule has 1 aromatic heterocycles. The van der Waals surface area contributed by atoms with Crippen molar-refractivity contribution in [3.05, 3.63) is 16.1 Å². The first-order chi connectivity index (χ1) is 11.2. The summed E-state index contributed by atoms with van der Waals surface area (Å²) in [6, 6.07) is 0. The Labute approximate surface area is 142 Å². The summed E-state index contributed by atoms with van der Waals surface area (Å²) >= 11 is 1.77. The fraction of sp³-hybridized carbons (Fsp3) is 0.765. The fourth-order valence-corrected chi connectivity index (χ4v) is 4.03. The Morgan fingerprint density at radius 1 is 1.43 bits per heavy atom. The molecule has 23 heavy (non-hydrogen) atoms. The zero-order chi connectivity index (χ0) is 16.1. The van der Waals surface area contributed by atoms with Crippen LogP contribution in [-0.2, 0) is 22.5 Å². The Balaban J connectivity index is 1.35. The van der Waals surface area contributed by atoms with Crippen LogP contribution >= 0.6 is 11.3 Å². The molecule has 5 nitrogen and oxygen atoms in total. The maximum atomic E-state index is 12.0. The minimum absolute atomic E-state index is 0.0764. The van der Waals surface area contributed by atoms with Crippen molar-refractivity contribution in [3.8, 4) is 0 Å². The number of nitrogens with zero attached hydrogens (tertiary/aromatic N) is 2. The molecule has 1 atom stereocenters. The first-order valence-corrected chi connectivity index (χ1v) is 9.63. The third-order valence-corrected chi connectivity index (χ3v) is 5.90. The topological polar surface area (TPSA) is 54.5 Å². The van der Waals surface area contributed by atoms with Crippen molar-refractivity contribution in [1.82, 2.24) is 15.2 Å². The molecule has 2 fully saturated rings. The van der Waals surface area contributed by atoms with Crippen LogP contribution in [0.3, 0.4) is 0 Å². The SMILES string of the molecule is CCc1nc(CN2CCC(CNC(=O)C3CCOC3)CC2)cs1. The number of carbonyl (C=O) groups is 1. The molecule has 6 heteroatoms. The van der Waals surface area contributed by atoms with Crippen molar-refractivity contribution in [2.45, 2.75) is 39.2 Å². The van der Waals surface area contributed by atoms with E-state index < -0.39 is 0 Å². The minimum atomic E-state index is 0.0764. The molecule has 3 rings (SSSR count). The van der Waals surface area contributed by atoms with Gasteiger partial charge in [-0.3, -0.25) is 9.69 Å². The van der Waals surface area contributed by atoms with Gasteiger partial charge in [0.2, 0.25) is 5.91 Å². The summed E-state index contributed by atoms with van der Waals surface area (Å²) in [7, 11) is 0. The number of rotatable bonds is 6. The first kappa shape index (κ1) is 16.9. The average molecular weight is 337 g/mol. The summed E-state index contributed by atoms with van der Waals surface area (Å²) in [6.07, 6.45) is 4.22. The highest BCUT2D eigenvalue weighted by molar-refractivity contribution is 7.09. The van der Waals surface area contributed by atoms with Crippen LogP contribution < -0.4 is 5.32 Å². The monoisotopic (exact) mass is 337 g/mol. The molecule has 1 N–H and O–H groups in total. The Kier molecular flexibility index (Phi) is 6.02. The molecular formula is C17H27N3O2S. The number of hydrogen-bond donors (Lipinski definition) is 1. The molecule has 2 saturated heterocycles. The Morgan fingerprint density at radius 3 is 2.91 bits per heavy atom. The van der Waals surface area contributed by atoms with Crippen LogP contribution in [0.2, 0.25) is 0 Å². The van der Waals surface area contributed by atoms with Gasteiger partial charge in [-0.25, -0.2) is 4.98 Å². The lowest BCUT2D eigenvalue weighted by atomic mass is 9.96. The first-order valence-electron chi connectivity index (χ1n) is 8.75. The molecule has 0 spiro atoms. The molecule has 2 aliphatic heterocycles. The van der Waals surface area contributed by atoms with Gasteiger partial charge in [0.1, 0.15) is 0 Å². The Morgan fingerprint density at radius 2 is 2.26 bits per heavy atom. The maximum Gasteiger partial charge on any atom is 0.225 e.